The Morgan fingerprint density at radius 2 is 1.88 bits per heavy atom. The van der Waals surface area contributed by atoms with Crippen molar-refractivity contribution < 1.29 is 9.53 Å². The predicted octanol–water partition coefficient (Wildman–Crippen LogP) is 3.43. The largest absolute Gasteiger partial charge is 0.488 e. The predicted molar refractivity (Wildman–Crippen MR) is 127 cm³/mol. The number of carbonyl (C=O) groups excluding carboxylic acids is 1. The number of carbonyl (C=O) groups is 1. The topological polar surface area (TPSA) is 66.3 Å². The molecule has 0 radical (unpaired) electrons. The highest BCUT2D eigenvalue weighted by Crippen LogP contribution is 2.37. The van der Waals surface area contributed by atoms with Gasteiger partial charge in [-0.2, -0.15) is 0 Å². The van der Waals surface area contributed by atoms with Gasteiger partial charge >= 0.3 is 0 Å². The molecule has 32 heavy (non-hydrogen) atoms. The summed E-state index contributed by atoms with van der Waals surface area (Å²) in [5, 5.41) is 11.7. The molecule has 0 bridgehead atoms. The van der Waals surface area contributed by atoms with Crippen LogP contribution in [0, 0.1) is 0 Å². The fourth-order valence-electron chi connectivity index (χ4n) is 3.71. The molecule has 1 amide bonds. The van der Waals surface area contributed by atoms with Crippen LogP contribution in [0.4, 0.5) is 0 Å². The number of thioether (sulfide) groups is 1. The van der Waals surface area contributed by atoms with Crippen LogP contribution in [0.15, 0.2) is 82.9 Å². The SMILES string of the molecule is CSC1=NN2C(=c3ccccc3=NC2c2cc(Cl)ccc2OCc2ccccc2)C(=O)N1. The van der Waals surface area contributed by atoms with Crippen molar-refractivity contribution in [1.82, 2.24) is 10.3 Å². The second-order valence-electron chi connectivity index (χ2n) is 7.23. The quantitative estimate of drug-likeness (QED) is 0.645. The zero-order valence-electron chi connectivity index (χ0n) is 17.2. The lowest BCUT2D eigenvalue weighted by atomic mass is 10.1. The summed E-state index contributed by atoms with van der Waals surface area (Å²) < 4.78 is 6.17. The van der Waals surface area contributed by atoms with Crippen molar-refractivity contribution in [2.24, 2.45) is 10.1 Å². The lowest BCUT2D eigenvalue weighted by Crippen LogP contribution is -2.50. The third-order valence-electron chi connectivity index (χ3n) is 5.20. The van der Waals surface area contributed by atoms with Gasteiger partial charge in [0.2, 0.25) is 0 Å². The minimum atomic E-state index is -0.599. The Bertz CT molecular complexity index is 1340. The van der Waals surface area contributed by atoms with Crippen LogP contribution in [0.5, 0.6) is 5.75 Å². The average molecular weight is 463 g/mol. The molecule has 3 aromatic carbocycles. The first-order valence-corrected chi connectivity index (χ1v) is 11.6. The molecule has 0 saturated carbocycles. The van der Waals surface area contributed by atoms with E-state index in [2.05, 4.69) is 10.4 Å². The number of nitrogens with zero attached hydrogens (tertiary/aromatic N) is 3. The summed E-state index contributed by atoms with van der Waals surface area (Å²) in [6.07, 6.45) is 1.26. The summed E-state index contributed by atoms with van der Waals surface area (Å²) >= 11 is 7.73. The van der Waals surface area contributed by atoms with Crippen LogP contribution in [0.1, 0.15) is 17.3 Å². The van der Waals surface area contributed by atoms with Gasteiger partial charge in [-0.15, -0.1) is 5.10 Å². The van der Waals surface area contributed by atoms with Gasteiger partial charge in [-0.05, 0) is 36.1 Å². The monoisotopic (exact) mass is 462 g/mol. The molecule has 2 heterocycles. The molecule has 1 unspecified atom stereocenters. The van der Waals surface area contributed by atoms with Crippen LogP contribution in [-0.2, 0) is 11.4 Å². The van der Waals surface area contributed by atoms with Crippen LogP contribution in [0.3, 0.4) is 0 Å². The van der Waals surface area contributed by atoms with E-state index in [-0.39, 0.29) is 5.91 Å². The summed E-state index contributed by atoms with van der Waals surface area (Å²) in [4.78, 5) is 17.9. The minimum Gasteiger partial charge on any atom is -0.488 e. The van der Waals surface area contributed by atoms with Crippen molar-refractivity contribution in [1.29, 1.82) is 0 Å². The minimum absolute atomic E-state index is 0.217. The van der Waals surface area contributed by atoms with E-state index in [9.17, 15) is 4.79 Å². The van der Waals surface area contributed by atoms with Crippen molar-refractivity contribution >= 4 is 40.1 Å². The van der Waals surface area contributed by atoms with Gasteiger partial charge in [0.1, 0.15) is 18.1 Å². The third kappa shape index (κ3) is 3.85. The number of nitrogens with one attached hydrogen (secondary N) is 1. The zero-order valence-corrected chi connectivity index (χ0v) is 18.7. The standard InChI is InChI=1S/C24H19ClN4O2S/c1-32-24-27-23(30)21-17-9-5-6-10-19(17)26-22(29(21)28-24)18-13-16(25)11-12-20(18)31-14-15-7-3-2-4-8-15/h2-13,22H,14H2,1H3,(H,27,28,30). The van der Waals surface area contributed by atoms with Gasteiger partial charge in [-0.25, -0.2) is 5.01 Å². The fraction of sp³-hybridized carbons (Fsp3) is 0.125. The van der Waals surface area contributed by atoms with Crippen LogP contribution in [-0.4, -0.2) is 22.3 Å². The summed E-state index contributed by atoms with van der Waals surface area (Å²) in [7, 11) is 0. The van der Waals surface area contributed by atoms with Gasteiger partial charge in [-0.1, -0.05) is 71.9 Å². The van der Waals surface area contributed by atoms with Crippen molar-refractivity contribution in [3.63, 3.8) is 0 Å². The van der Waals surface area contributed by atoms with Gasteiger partial charge in [-0.3, -0.25) is 15.1 Å². The molecule has 0 saturated heterocycles. The lowest BCUT2D eigenvalue weighted by Gasteiger charge is -2.34. The van der Waals surface area contributed by atoms with E-state index in [0.29, 0.717) is 28.2 Å². The Balaban J connectivity index is 1.63. The number of amidine groups is 1. The maximum Gasteiger partial charge on any atom is 0.276 e. The third-order valence-corrected chi connectivity index (χ3v) is 6.00. The van der Waals surface area contributed by atoms with Crippen LogP contribution >= 0.6 is 23.4 Å². The maximum atomic E-state index is 13.0. The van der Waals surface area contributed by atoms with Gasteiger partial charge < -0.3 is 4.74 Å². The number of hydrogen-bond donors (Lipinski definition) is 1. The van der Waals surface area contributed by atoms with Gasteiger partial charge in [0.15, 0.2) is 11.3 Å². The smallest absolute Gasteiger partial charge is 0.276 e. The highest BCUT2D eigenvalue weighted by atomic mass is 35.5. The van der Waals surface area contributed by atoms with Gasteiger partial charge in [0, 0.05) is 15.8 Å². The zero-order chi connectivity index (χ0) is 22.1. The molecular formula is C24H19ClN4O2S. The fourth-order valence-corrected chi connectivity index (χ4v) is 4.25. The normalized spacial score (nSPS) is 17.0. The number of halogens is 1. The average Bonchev–Trinajstić information content (AvgIpc) is 2.83. The number of benzene rings is 3. The lowest BCUT2D eigenvalue weighted by molar-refractivity contribution is -0.116. The number of rotatable bonds is 4. The summed E-state index contributed by atoms with van der Waals surface area (Å²) in [6.45, 7) is 0.398. The first-order valence-electron chi connectivity index (χ1n) is 10.0. The van der Waals surface area contributed by atoms with Gasteiger partial charge in [0.25, 0.3) is 5.91 Å². The Morgan fingerprint density at radius 3 is 2.69 bits per heavy atom. The van der Waals surface area contributed by atoms with Crippen LogP contribution in [0.2, 0.25) is 5.02 Å². The number of hydrazone groups is 1. The van der Waals surface area contributed by atoms with Crippen molar-refractivity contribution in [2.45, 2.75) is 12.8 Å². The number of fused-ring (bicyclic) bond motifs is 2. The molecule has 0 aromatic heterocycles. The Hall–Kier alpha value is -3.29. The van der Waals surface area contributed by atoms with Gasteiger partial charge in [0.05, 0.1) is 5.36 Å². The van der Waals surface area contributed by atoms with E-state index < -0.39 is 6.17 Å². The second kappa shape index (κ2) is 8.68. The molecule has 3 aromatic rings. The van der Waals surface area contributed by atoms with Crippen LogP contribution < -0.4 is 20.6 Å². The number of amides is 1. The highest BCUT2D eigenvalue weighted by Gasteiger charge is 2.35. The highest BCUT2D eigenvalue weighted by molar-refractivity contribution is 8.13. The summed E-state index contributed by atoms with van der Waals surface area (Å²) in [5.74, 6) is 0.420. The van der Waals surface area contributed by atoms with Crippen molar-refractivity contribution in [3.8, 4) is 5.75 Å². The second-order valence-corrected chi connectivity index (χ2v) is 8.46. The van der Waals surface area contributed by atoms with Crippen LogP contribution in [0.25, 0.3) is 5.70 Å². The summed E-state index contributed by atoms with van der Waals surface area (Å²) in [6, 6.07) is 22.9. The van der Waals surface area contributed by atoms with E-state index >= 15 is 0 Å². The molecule has 1 N–H and O–H groups in total. The summed E-state index contributed by atoms with van der Waals surface area (Å²) in [5.41, 5.74) is 2.23. The molecule has 6 nitrogen and oxygen atoms in total. The number of para-hydroxylation sites is 1. The molecule has 8 heteroatoms. The Labute approximate surface area is 194 Å². The Morgan fingerprint density at radius 1 is 1.09 bits per heavy atom. The van der Waals surface area contributed by atoms with E-state index in [1.165, 1.54) is 11.8 Å². The Kier molecular flexibility index (Phi) is 5.59. The van der Waals surface area contributed by atoms with E-state index in [1.807, 2.05) is 73.0 Å². The van der Waals surface area contributed by atoms with E-state index in [4.69, 9.17) is 21.3 Å². The number of hydrogen-bond acceptors (Lipinski definition) is 6. The first kappa shape index (κ1) is 20.6. The van der Waals surface area contributed by atoms with E-state index in [0.717, 1.165) is 21.7 Å². The molecule has 2 aliphatic heterocycles. The molecule has 0 spiro atoms. The molecule has 0 aliphatic carbocycles. The molecule has 0 fully saturated rings. The molecule has 160 valence electrons. The molecular weight excluding hydrogens is 444 g/mol. The van der Waals surface area contributed by atoms with Crippen molar-refractivity contribution in [2.75, 3.05) is 6.26 Å². The van der Waals surface area contributed by atoms with Crippen molar-refractivity contribution in [3.05, 3.63) is 99.5 Å². The molecule has 1 atom stereocenters. The molecule has 2 aliphatic rings. The first-order chi connectivity index (χ1) is 15.6. The maximum absolute atomic E-state index is 13.0. The van der Waals surface area contributed by atoms with E-state index in [1.54, 1.807) is 11.1 Å². The molecule has 5 rings (SSSR count). The number of ether oxygens (including phenoxy) is 1.